The van der Waals surface area contributed by atoms with Crippen molar-refractivity contribution in [2.75, 3.05) is 85.7 Å². The number of β-amino-alcohol motifs (C(OH)–C–C–N with tert-alkyl or cyclic N) is 1. The molecule has 2 aliphatic rings. The Morgan fingerprint density at radius 3 is 2.01 bits per heavy atom. The number of likely N-dealkylation sites (tertiary alicyclic amines) is 2. The molecule has 19 nitrogen and oxygen atoms in total. The van der Waals surface area contributed by atoms with E-state index in [1.165, 1.54) is 10.5 Å². The molecule has 89 heavy (non-hydrogen) atoms. The monoisotopic (exact) mass is 1290 g/mol. The summed E-state index contributed by atoms with van der Waals surface area (Å²) in [6, 6.07) is 18.3. The summed E-state index contributed by atoms with van der Waals surface area (Å²) in [7, 11) is -3.52. The van der Waals surface area contributed by atoms with E-state index in [-0.39, 0.29) is 92.4 Å². The predicted octanol–water partition coefficient (Wildman–Crippen LogP) is 9.49. The molecular weight excluding hydrogens is 1200 g/mol. The summed E-state index contributed by atoms with van der Waals surface area (Å²) < 4.78 is 61.0. The third kappa shape index (κ3) is 20.9. The number of nitrogens with zero attached hydrogens (tertiary/aromatic N) is 5. The zero-order valence-corrected chi connectivity index (χ0v) is 55.6. The molecule has 22 heteroatoms. The number of Topliss-reactive ketones (excluding diaryl/α,β-unsaturated/α-hetero) is 1. The Labute approximate surface area is 534 Å². The number of aromatic nitrogens is 3. The lowest BCUT2D eigenvalue weighted by molar-refractivity contribution is -0.146. The number of aliphatic hydroxyl groups excluding tert-OH is 1. The van der Waals surface area contributed by atoms with E-state index in [9.17, 15) is 32.7 Å². The van der Waals surface area contributed by atoms with Crippen LogP contribution in [0.5, 0.6) is 5.75 Å². The zero-order valence-electron chi connectivity index (χ0n) is 53.2. The number of carbonyl (C=O) groups excluding carboxylic acids is 4. The number of ketones is 1. The van der Waals surface area contributed by atoms with Crippen LogP contribution in [-0.4, -0.2) is 171 Å². The summed E-state index contributed by atoms with van der Waals surface area (Å²) in [4.78, 5) is 72.4. The van der Waals surface area contributed by atoms with Crippen LogP contribution in [-0.2, 0) is 72.1 Å². The number of amides is 3. The molecule has 0 unspecified atom stereocenters. The molecule has 2 fully saturated rings. The van der Waals surface area contributed by atoms with Crippen LogP contribution in [0.1, 0.15) is 138 Å². The average Bonchev–Trinajstić information content (AvgIpc) is 2.12. The fourth-order valence-electron chi connectivity index (χ4n) is 11.1. The molecule has 2 aromatic heterocycles. The quantitative estimate of drug-likeness (QED) is 0.0365. The molecule has 4 heterocycles. The fourth-order valence-corrected chi connectivity index (χ4v) is 13.3. The summed E-state index contributed by atoms with van der Waals surface area (Å²) >= 11 is 8.19. The molecule has 7 rings (SSSR count). The Morgan fingerprint density at radius 1 is 0.798 bits per heavy atom. The average molecular weight is 1290 g/mol. The number of sulfone groups is 1. The molecule has 3 atom stereocenters. The van der Waals surface area contributed by atoms with Crippen molar-refractivity contribution in [3.63, 3.8) is 0 Å². The highest BCUT2D eigenvalue weighted by Crippen LogP contribution is 2.37. The van der Waals surface area contributed by atoms with E-state index in [4.69, 9.17) is 45.0 Å². The summed E-state index contributed by atoms with van der Waals surface area (Å²) in [5.41, 5.74) is 8.60. The van der Waals surface area contributed by atoms with E-state index in [0.717, 1.165) is 51.4 Å². The van der Waals surface area contributed by atoms with Gasteiger partial charge in [0.2, 0.25) is 17.7 Å². The van der Waals surface area contributed by atoms with Crippen LogP contribution in [0.4, 0.5) is 0 Å². The van der Waals surface area contributed by atoms with Gasteiger partial charge in [-0.05, 0) is 106 Å². The highest BCUT2D eigenvalue weighted by molar-refractivity contribution is 7.92. The maximum atomic E-state index is 14.1. The number of aryl methyl sites for hydroxylation is 2. The Morgan fingerprint density at radius 2 is 1.42 bits per heavy atom. The van der Waals surface area contributed by atoms with E-state index < -0.39 is 38.6 Å². The molecule has 2 aliphatic heterocycles. The van der Waals surface area contributed by atoms with Crippen molar-refractivity contribution in [1.82, 2.24) is 30.1 Å². The maximum Gasteiger partial charge on any atom is 0.243 e. The summed E-state index contributed by atoms with van der Waals surface area (Å²) in [6.07, 6.45) is 3.47. The molecule has 0 saturated carbocycles. The maximum absolute atomic E-state index is 14.1. The highest BCUT2D eigenvalue weighted by atomic mass is 35.5. The minimum atomic E-state index is -3.52. The lowest BCUT2D eigenvalue weighted by Gasteiger charge is -2.34. The number of ether oxygens (including phenoxy) is 6. The van der Waals surface area contributed by atoms with Crippen molar-refractivity contribution in [2.45, 2.75) is 155 Å². The van der Waals surface area contributed by atoms with E-state index in [2.05, 4.69) is 34.3 Å². The van der Waals surface area contributed by atoms with E-state index in [1.807, 2.05) is 82.3 Å². The Kier molecular flexibility index (Phi) is 27.1. The second-order valence-corrected chi connectivity index (χ2v) is 28.3. The molecule has 0 bridgehead atoms. The van der Waals surface area contributed by atoms with E-state index in [1.54, 1.807) is 49.6 Å². The second-order valence-electron chi connectivity index (χ2n) is 24.6. The first-order valence-corrected chi connectivity index (χ1v) is 33.9. The third-order valence-electron chi connectivity index (χ3n) is 16.1. The summed E-state index contributed by atoms with van der Waals surface area (Å²) in [5, 5.41) is 13.3. The van der Waals surface area contributed by atoms with Gasteiger partial charge in [-0.25, -0.2) is 23.4 Å². The van der Waals surface area contributed by atoms with E-state index in [0.29, 0.717) is 101 Å². The number of hydrogen-bond acceptors (Lipinski definition) is 17. The van der Waals surface area contributed by atoms with Gasteiger partial charge in [-0.2, -0.15) is 0 Å². The number of benzene rings is 3. The van der Waals surface area contributed by atoms with Gasteiger partial charge in [-0.3, -0.25) is 19.2 Å². The Bertz CT molecular complexity index is 3240. The Balaban J connectivity index is 0.711. The largest absolute Gasteiger partial charge is 0.491 e. The molecule has 0 spiro atoms. The van der Waals surface area contributed by atoms with Gasteiger partial charge in [0.05, 0.1) is 122 Å². The number of nitrogens with one attached hydrogen (secondary N) is 1. The van der Waals surface area contributed by atoms with E-state index >= 15 is 0 Å². The summed E-state index contributed by atoms with van der Waals surface area (Å²) in [6.45, 7) is 22.0. The zero-order chi connectivity index (χ0) is 64.3. The molecule has 3 amide bonds. The molecular formula is C67H91ClN6O13S2. The molecule has 3 aromatic carbocycles. The van der Waals surface area contributed by atoms with Gasteiger partial charge in [0.25, 0.3) is 0 Å². The Hall–Kier alpha value is -5.75. The lowest BCUT2D eigenvalue weighted by atomic mass is 9.76. The number of piperidine rings is 1. The number of hydrogen-bond donors (Lipinski definition) is 2. The number of rotatable bonds is 34. The first-order chi connectivity index (χ1) is 42.5. The SMILES string of the molecule is Cc1cc(Cc2ncc(Cl)c(Cc3ccccc3S(=O)(=O)C(C)C)n2)c(OC(C)C)cc1C1CCN(C(=O)CCOCCOCCOCCOCCOCCC(=O)C[C@H](C(=O)N2C[C@H](O)C[C@H]2C(=O)NCc2ccc(-c3scnc3C)cc2)C(C)(C)C)CC1. The molecule has 5 aromatic rings. The van der Waals surface area contributed by atoms with Crippen molar-refractivity contribution in [3.05, 3.63) is 122 Å². The van der Waals surface area contributed by atoms with Gasteiger partial charge >= 0.3 is 0 Å². The molecule has 0 radical (unpaired) electrons. The van der Waals surface area contributed by atoms with Crippen LogP contribution in [0.25, 0.3) is 10.4 Å². The van der Waals surface area contributed by atoms with Gasteiger partial charge in [0.1, 0.15) is 23.4 Å². The van der Waals surface area contributed by atoms with Crippen molar-refractivity contribution in [1.29, 1.82) is 0 Å². The van der Waals surface area contributed by atoms with Crippen molar-refractivity contribution < 1.29 is 61.1 Å². The third-order valence-corrected chi connectivity index (χ3v) is 19.7. The number of thiazole rings is 1. The van der Waals surface area contributed by atoms with Crippen LogP contribution >= 0.6 is 22.9 Å². The van der Waals surface area contributed by atoms with Crippen molar-refractivity contribution in [2.24, 2.45) is 11.3 Å². The van der Waals surface area contributed by atoms with Crippen molar-refractivity contribution >= 4 is 56.3 Å². The minimum Gasteiger partial charge on any atom is -0.491 e. The number of carbonyl (C=O) groups is 4. The normalized spacial score (nSPS) is 16.1. The van der Waals surface area contributed by atoms with Crippen LogP contribution in [0.2, 0.25) is 5.02 Å². The second kappa shape index (κ2) is 34.1. The lowest BCUT2D eigenvalue weighted by Crippen LogP contribution is -2.50. The molecule has 2 saturated heterocycles. The molecule has 0 aliphatic carbocycles. The smallest absolute Gasteiger partial charge is 0.243 e. The minimum absolute atomic E-state index is 0.00607. The number of aliphatic hydroxyl groups is 1. The van der Waals surface area contributed by atoms with Gasteiger partial charge < -0.3 is 48.6 Å². The fraction of sp³-hybridized carbons (Fsp3) is 0.567. The van der Waals surface area contributed by atoms with Gasteiger partial charge in [-0.15, -0.1) is 11.3 Å². The predicted molar refractivity (Wildman–Crippen MR) is 343 cm³/mol. The summed E-state index contributed by atoms with van der Waals surface area (Å²) in [5.74, 6) is 0.152. The molecule has 486 valence electrons. The van der Waals surface area contributed by atoms with Crippen LogP contribution < -0.4 is 10.1 Å². The van der Waals surface area contributed by atoms with Gasteiger partial charge in [0.15, 0.2) is 9.84 Å². The van der Waals surface area contributed by atoms with Crippen LogP contribution in [0.3, 0.4) is 0 Å². The highest BCUT2D eigenvalue weighted by Gasteiger charge is 2.44. The molecule has 2 N–H and O–H groups in total. The topological polar surface area (TPSA) is 235 Å². The standard InChI is InChI=1S/C67H91ClN6O13S2/c1-44(2)87-60-39-55(46(5)34-52(60)36-62-69-41-57(68)58(72-62)35-51-12-10-11-13-61(51)89(80,81)45(3)4)49-18-22-73(23-19-49)63(77)21-25-83-27-29-85-31-33-86-32-30-84-28-26-82-24-20-53(75)37-56(67(7,8)9)66(79)74-42-54(76)38-59(74)65(78)70-40-48-14-16-50(17-15-48)64-47(6)71-43-88-64/h10-17,34,39,41,43-45,49,54,56,59,76H,18-33,35-38,40,42H2,1-9H3,(H,70,78)/t54-,56-,59+/m1/s1. The van der Waals surface area contributed by atoms with Crippen molar-refractivity contribution in [3.8, 4) is 16.2 Å². The number of halogens is 1. The first-order valence-electron chi connectivity index (χ1n) is 31.1. The van der Waals surface area contributed by atoms with Gasteiger partial charge in [0, 0.05) is 76.0 Å². The first kappa shape index (κ1) is 70.7. The van der Waals surface area contributed by atoms with Gasteiger partial charge in [-0.1, -0.05) is 80.9 Å². The van der Waals surface area contributed by atoms with Crippen LogP contribution in [0, 0.1) is 25.2 Å². The van der Waals surface area contributed by atoms with Crippen LogP contribution in [0.15, 0.2) is 77.3 Å².